The third-order valence-corrected chi connectivity index (χ3v) is 4.36. The molecule has 1 aliphatic heterocycles. The van der Waals surface area contributed by atoms with Crippen molar-refractivity contribution in [3.63, 3.8) is 0 Å². The van der Waals surface area contributed by atoms with Gasteiger partial charge in [-0.15, -0.1) is 11.3 Å². The van der Waals surface area contributed by atoms with E-state index in [1.807, 2.05) is 0 Å². The van der Waals surface area contributed by atoms with Crippen LogP contribution in [0.1, 0.15) is 29.1 Å². The van der Waals surface area contributed by atoms with E-state index in [9.17, 15) is 0 Å². The van der Waals surface area contributed by atoms with Crippen molar-refractivity contribution in [3.05, 3.63) is 22.5 Å². The number of imidazole rings is 1. The van der Waals surface area contributed by atoms with E-state index in [1.165, 1.54) is 17.0 Å². The molecule has 0 aromatic carbocycles. The summed E-state index contributed by atoms with van der Waals surface area (Å²) in [7, 11) is 0. The molecule has 18 heavy (non-hydrogen) atoms. The van der Waals surface area contributed by atoms with E-state index in [-0.39, 0.29) is 0 Å². The van der Waals surface area contributed by atoms with Gasteiger partial charge in [-0.2, -0.15) is 0 Å². The second kappa shape index (κ2) is 4.99. The van der Waals surface area contributed by atoms with Gasteiger partial charge in [-0.3, -0.25) is 4.40 Å². The number of aryl methyl sites for hydroxylation is 2. The average Bonchev–Trinajstić information content (AvgIpc) is 2.84. The lowest BCUT2D eigenvalue weighted by Gasteiger charge is -2.23. The predicted molar refractivity (Wildman–Crippen MR) is 73.2 cm³/mol. The minimum atomic E-state index is 0.489. The SMILES string of the molecule is Cc1cn2c(CNC3CCCOC3)c(C)nc2s1. The van der Waals surface area contributed by atoms with Crippen LogP contribution < -0.4 is 5.32 Å². The van der Waals surface area contributed by atoms with Crippen molar-refractivity contribution < 1.29 is 4.74 Å². The number of fused-ring (bicyclic) bond motifs is 1. The van der Waals surface area contributed by atoms with E-state index in [1.54, 1.807) is 11.3 Å². The molecule has 0 aliphatic carbocycles. The fourth-order valence-electron chi connectivity index (χ4n) is 2.46. The molecule has 1 N–H and O–H groups in total. The Morgan fingerprint density at radius 2 is 2.44 bits per heavy atom. The summed E-state index contributed by atoms with van der Waals surface area (Å²) in [6.07, 6.45) is 4.55. The van der Waals surface area contributed by atoms with Crippen LogP contribution in [-0.4, -0.2) is 28.6 Å². The Hall–Kier alpha value is -0.910. The number of aromatic nitrogens is 2. The van der Waals surface area contributed by atoms with Crippen molar-refractivity contribution in [3.8, 4) is 0 Å². The topological polar surface area (TPSA) is 38.6 Å². The molecule has 1 unspecified atom stereocenters. The summed E-state index contributed by atoms with van der Waals surface area (Å²) in [6.45, 7) is 6.84. The highest BCUT2D eigenvalue weighted by Gasteiger charge is 2.16. The first-order chi connectivity index (χ1) is 8.74. The van der Waals surface area contributed by atoms with Crippen molar-refractivity contribution in [2.75, 3.05) is 13.2 Å². The summed E-state index contributed by atoms with van der Waals surface area (Å²) in [5, 5.41) is 3.59. The maximum atomic E-state index is 5.49. The van der Waals surface area contributed by atoms with Crippen molar-refractivity contribution >= 4 is 16.3 Å². The predicted octanol–water partition coefficient (Wildman–Crippen LogP) is 2.28. The molecule has 0 spiro atoms. The summed E-state index contributed by atoms with van der Waals surface area (Å²) in [6, 6.07) is 0.489. The smallest absolute Gasteiger partial charge is 0.194 e. The third-order valence-electron chi connectivity index (χ3n) is 3.46. The van der Waals surface area contributed by atoms with Gasteiger partial charge in [0.25, 0.3) is 0 Å². The molecule has 0 bridgehead atoms. The number of nitrogens with zero attached hydrogens (tertiary/aromatic N) is 2. The second-order valence-corrected chi connectivity index (χ2v) is 6.15. The zero-order valence-corrected chi connectivity index (χ0v) is 11.7. The number of rotatable bonds is 3. The lowest BCUT2D eigenvalue weighted by atomic mass is 10.1. The molecule has 1 atom stereocenters. The summed E-state index contributed by atoms with van der Waals surface area (Å²) in [5.74, 6) is 0. The number of hydrogen-bond donors (Lipinski definition) is 1. The maximum absolute atomic E-state index is 5.49. The van der Waals surface area contributed by atoms with Gasteiger partial charge in [0.15, 0.2) is 4.96 Å². The van der Waals surface area contributed by atoms with Crippen LogP contribution in [0.4, 0.5) is 0 Å². The first-order valence-electron chi connectivity index (χ1n) is 6.49. The Balaban J connectivity index is 1.74. The van der Waals surface area contributed by atoms with Crippen LogP contribution in [0, 0.1) is 13.8 Å². The lowest BCUT2D eigenvalue weighted by Crippen LogP contribution is -2.36. The highest BCUT2D eigenvalue weighted by molar-refractivity contribution is 7.17. The van der Waals surface area contributed by atoms with Gasteiger partial charge in [-0.1, -0.05) is 0 Å². The normalized spacial score (nSPS) is 20.7. The quantitative estimate of drug-likeness (QED) is 0.925. The fraction of sp³-hybridized carbons (Fsp3) is 0.615. The first-order valence-corrected chi connectivity index (χ1v) is 7.31. The van der Waals surface area contributed by atoms with Crippen molar-refractivity contribution in [2.45, 2.75) is 39.3 Å². The van der Waals surface area contributed by atoms with E-state index < -0.39 is 0 Å². The van der Waals surface area contributed by atoms with Gasteiger partial charge >= 0.3 is 0 Å². The molecular weight excluding hydrogens is 246 g/mol. The standard InChI is InChI=1S/C13H19N3OS/c1-9-7-16-12(10(2)15-13(16)18-9)6-14-11-4-3-5-17-8-11/h7,11,14H,3-6,8H2,1-2H3. The molecule has 5 heteroatoms. The fourth-order valence-corrected chi connectivity index (χ4v) is 3.35. The number of ether oxygens (including phenoxy) is 1. The molecule has 2 aromatic heterocycles. The van der Waals surface area contributed by atoms with Crippen molar-refractivity contribution in [2.24, 2.45) is 0 Å². The van der Waals surface area contributed by atoms with E-state index in [4.69, 9.17) is 4.74 Å². The molecule has 1 fully saturated rings. The Bertz CT molecular complexity index is 540. The highest BCUT2D eigenvalue weighted by Crippen LogP contribution is 2.20. The Kier molecular flexibility index (Phi) is 3.37. The van der Waals surface area contributed by atoms with E-state index in [2.05, 4.69) is 34.7 Å². The van der Waals surface area contributed by atoms with Crippen molar-refractivity contribution in [1.82, 2.24) is 14.7 Å². The van der Waals surface area contributed by atoms with Gasteiger partial charge in [0.2, 0.25) is 0 Å². The zero-order valence-electron chi connectivity index (χ0n) is 10.9. The molecule has 0 amide bonds. The van der Waals surface area contributed by atoms with Crippen LogP contribution >= 0.6 is 11.3 Å². The second-order valence-electron chi connectivity index (χ2n) is 4.93. The van der Waals surface area contributed by atoms with Gasteiger partial charge < -0.3 is 10.1 Å². The third kappa shape index (κ3) is 2.30. The molecular formula is C13H19N3OS. The molecule has 0 radical (unpaired) electrons. The van der Waals surface area contributed by atoms with Crippen LogP contribution in [0.25, 0.3) is 4.96 Å². The summed E-state index contributed by atoms with van der Waals surface area (Å²) in [5.41, 5.74) is 2.41. The van der Waals surface area contributed by atoms with E-state index >= 15 is 0 Å². The van der Waals surface area contributed by atoms with Crippen molar-refractivity contribution in [1.29, 1.82) is 0 Å². The Morgan fingerprint density at radius 1 is 1.56 bits per heavy atom. The molecule has 3 heterocycles. The van der Waals surface area contributed by atoms with Crippen LogP contribution in [0.15, 0.2) is 6.20 Å². The molecule has 2 aromatic rings. The number of nitrogens with one attached hydrogen (secondary N) is 1. The summed E-state index contributed by atoms with van der Waals surface area (Å²) in [4.78, 5) is 7.01. The van der Waals surface area contributed by atoms with Crippen LogP contribution in [0.5, 0.6) is 0 Å². The van der Waals surface area contributed by atoms with Crippen LogP contribution in [0.3, 0.4) is 0 Å². The minimum Gasteiger partial charge on any atom is -0.380 e. The maximum Gasteiger partial charge on any atom is 0.194 e. The zero-order chi connectivity index (χ0) is 12.5. The molecule has 98 valence electrons. The summed E-state index contributed by atoms with van der Waals surface area (Å²) >= 11 is 1.75. The first kappa shape index (κ1) is 12.1. The molecule has 0 saturated carbocycles. The minimum absolute atomic E-state index is 0.489. The van der Waals surface area contributed by atoms with Crippen LogP contribution in [-0.2, 0) is 11.3 Å². The van der Waals surface area contributed by atoms with Gasteiger partial charge in [0.1, 0.15) is 0 Å². The molecule has 4 nitrogen and oxygen atoms in total. The number of thiazole rings is 1. The van der Waals surface area contributed by atoms with Gasteiger partial charge in [0, 0.05) is 30.3 Å². The molecule has 1 aliphatic rings. The largest absolute Gasteiger partial charge is 0.380 e. The van der Waals surface area contributed by atoms with Gasteiger partial charge in [-0.05, 0) is 26.7 Å². The Labute approximate surface area is 111 Å². The Morgan fingerprint density at radius 3 is 3.22 bits per heavy atom. The van der Waals surface area contributed by atoms with E-state index in [0.717, 1.165) is 36.8 Å². The summed E-state index contributed by atoms with van der Waals surface area (Å²) < 4.78 is 7.71. The monoisotopic (exact) mass is 265 g/mol. The number of hydrogen-bond acceptors (Lipinski definition) is 4. The highest BCUT2D eigenvalue weighted by atomic mass is 32.1. The average molecular weight is 265 g/mol. The van der Waals surface area contributed by atoms with Gasteiger partial charge in [-0.25, -0.2) is 4.98 Å². The molecule has 1 saturated heterocycles. The molecule has 3 rings (SSSR count). The van der Waals surface area contributed by atoms with Gasteiger partial charge in [0.05, 0.1) is 18.0 Å². The lowest BCUT2D eigenvalue weighted by molar-refractivity contribution is 0.0698. The van der Waals surface area contributed by atoms with E-state index in [0.29, 0.717) is 6.04 Å². The van der Waals surface area contributed by atoms with Crippen LogP contribution in [0.2, 0.25) is 0 Å².